The molecule has 0 bridgehead atoms. The van der Waals surface area contributed by atoms with Crippen molar-refractivity contribution >= 4 is 5.91 Å². The average Bonchev–Trinajstić information content (AvgIpc) is 2.47. The zero-order valence-electron chi connectivity index (χ0n) is 13.4. The number of carbonyl (C=O) groups is 1. The maximum absolute atomic E-state index is 12.5. The van der Waals surface area contributed by atoms with Crippen molar-refractivity contribution in [1.82, 2.24) is 4.90 Å². The number of likely N-dealkylation sites (tertiary alicyclic amines) is 1. The van der Waals surface area contributed by atoms with Gasteiger partial charge in [-0.25, -0.2) is 0 Å². The maximum Gasteiger partial charge on any atom is 0.253 e. The van der Waals surface area contributed by atoms with Crippen LogP contribution in [-0.2, 0) is 0 Å². The Morgan fingerprint density at radius 3 is 2.48 bits per heavy atom. The van der Waals surface area contributed by atoms with Crippen molar-refractivity contribution < 1.29 is 14.3 Å². The lowest BCUT2D eigenvalue weighted by Gasteiger charge is -2.30. The molecule has 21 heavy (non-hydrogen) atoms. The van der Waals surface area contributed by atoms with Crippen LogP contribution in [0, 0.1) is 5.92 Å². The Hall–Kier alpha value is -1.71. The molecule has 0 unspecified atom stereocenters. The summed E-state index contributed by atoms with van der Waals surface area (Å²) in [5.41, 5.74) is 0.664. The quantitative estimate of drug-likeness (QED) is 0.854. The Kier molecular flexibility index (Phi) is 5.10. The molecule has 0 aliphatic carbocycles. The SMILES string of the molecule is COc1cc(C(=O)N2CCC(C)CC2)ccc1OC(C)C. The lowest BCUT2D eigenvalue weighted by Crippen LogP contribution is -2.37. The zero-order chi connectivity index (χ0) is 15.4. The Morgan fingerprint density at radius 2 is 1.90 bits per heavy atom. The lowest BCUT2D eigenvalue weighted by molar-refractivity contribution is 0.0697. The molecular weight excluding hydrogens is 266 g/mol. The second kappa shape index (κ2) is 6.83. The minimum absolute atomic E-state index is 0.0732. The molecule has 1 amide bonds. The van der Waals surface area contributed by atoms with Crippen molar-refractivity contribution in [2.75, 3.05) is 20.2 Å². The van der Waals surface area contributed by atoms with Gasteiger partial charge in [0.2, 0.25) is 0 Å². The first-order chi connectivity index (χ1) is 10.0. The number of hydrogen-bond acceptors (Lipinski definition) is 3. The van der Waals surface area contributed by atoms with Crippen molar-refractivity contribution in [3.63, 3.8) is 0 Å². The van der Waals surface area contributed by atoms with E-state index in [9.17, 15) is 4.79 Å². The summed E-state index contributed by atoms with van der Waals surface area (Å²) in [7, 11) is 1.60. The van der Waals surface area contributed by atoms with Crippen LogP contribution in [0.5, 0.6) is 11.5 Å². The first-order valence-electron chi connectivity index (χ1n) is 7.65. The molecular formula is C17H25NO3. The first-order valence-corrected chi connectivity index (χ1v) is 7.65. The number of piperidine rings is 1. The summed E-state index contributed by atoms with van der Waals surface area (Å²) < 4.78 is 11.0. The topological polar surface area (TPSA) is 38.8 Å². The van der Waals surface area contributed by atoms with Crippen LogP contribution in [0.15, 0.2) is 18.2 Å². The number of nitrogens with zero attached hydrogens (tertiary/aromatic N) is 1. The number of amides is 1. The van der Waals surface area contributed by atoms with Crippen LogP contribution < -0.4 is 9.47 Å². The Bertz CT molecular complexity index is 491. The number of benzene rings is 1. The standard InChI is InChI=1S/C17H25NO3/c1-12(2)21-15-6-5-14(11-16(15)20-4)17(19)18-9-7-13(3)8-10-18/h5-6,11-13H,7-10H2,1-4H3. The molecule has 0 N–H and O–H groups in total. The number of carbonyl (C=O) groups excluding carboxylic acids is 1. The van der Waals surface area contributed by atoms with E-state index in [1.54, 1.807) is 13.2 Å². The molecule has 4 nitrogen and oxygen atoms in total. The van der Waals surface area contributed by atoms with Crippen molar-refractivity contribution in [2.24, 2.45) is 5.92 Å². The normalized spacial score (nSPS) is 16.1. The fourth-order valence-corrected chi connectivity index (χ4v) is 2.55. The van der Waals surface area contributed by atoms with Gasteiger partial charge in [-0.05, 0) is 50.8 Å². The van der Waals surface area contributed by atoms with E-state index < -0.39 is 0 Å². The molecule has 4 heteroatoms. The minimum atomic E-state index is 0.0732. The molecule has 1 aliphatic heterocycles. The fraction of sp³-hybridized carbons (Fsp3) is 0.588. The number of methoxy groups -OCH3 is 1. The number of ether oxygens (including phenoxy) is 2. The molecule has 0 spiro atoms. The van der Waals surface area contributed by atoms with Gasteiger partial charge in [0.15, 0.2) is 11.5 Å². The highest BCUT2D eigenvalue weighted by Gasteiger charge is 2.22. The Balaban J connectivity index is 2.14. The molecule has 116 valence electrons. The maximum atomic E-state index is 12.5. The average molecular weight is 291 g/mol. The van der Waals surface area contributed by atoms with Crippen LogP contribution in [0.3, 0.4) is 0 Å². The summed E-state index contributed by atoms with van der Waals surface area (Å²) in [6, 6.07) is 5.41. The molecule has 2 rings (SSSR count). The van der Waals surface area contributed by atoms with Crippen LogP contribution in [0.2, 0.25) is 0 Å². The van der Waals surface area contributed by atoms with Gasteiger partial charge in [-0.1, -0.05) is 6.92 Å². The largest absolute Gasteiger partial charge is 0.493 e. The predicted molar refractivity (Wildman–Crippen MR) is 83.1 cm³/mol. The smallest absolute Gasteiger partial charge is 0.253 e. The highest BCUT2D eigenvalue weighted by Crippen LogP contribution is 2.30. The molecule has 1 aliphatic rings. The second-order valence-electron chi connectivity index (χ2n) is 6.01. The van der Waals surface area contributed by atoms with Crippen molar-refractivity contribution in [2.45, 2.75) is 39.7 Å². The van der Waals surface area contributed by atoms with Gasteiger partial charge in [-0.3, -0.25) is 4.79 Å². The van der Waals surface area contributed by atoms with Crippen molar-refractivity contribution in [3.05, 3.63) is 23.8 Å². The van der Waals surface area contributed by atoms with E-state index in [-0.39, 0.29) is 12.0 Å². The van der Waals surface area contributed by atoms with Gasteiger partial charge in [0, 0.05) is 18.7 Å². The Labute approximate surface area is 127 Å². The highest BCUT2D eigenvalue weighted by molar-refractivity contribution is 5.95. The molecule has 0 atom stereocenters. The molecule has 1 saturated heterocycles. The van der Waals surface area contributed by atoms with Gasteiger partial charge >= 0.3 is 0 Å². The van der Waals surface area contributed by atoms with Gasteiger partial charge < -0.3 is 14.4 Å². The molecule has 1 aromatic rings. The van der Waals surface area contributed by atoms with E-state index >= 15 is 0 Å². The molecule has 1 fully saturated rings. The van der Waals surface area contributed by atoms with E-state index in [0.29, 0.717) is 23.0 Å². The molecule has 0 radical (unpaired) electrons. The summed E-state index contributed by atoms with van der Waals surface area (Å²) in [6.07, 6.45) is 2.23. The lowest BCUT2D eigenvalue weighted by atomic mass is 9.98. The summed E-state index contributed by atoms with van der Waals surface area (Å²) >= 11 is 0. The van der Waals surface area contributed by atoms with E-state index in [1.165, 1.54) is 0 Å². The number of hydrogen-bond donors (Lipinski definition) is 0. The van der Waals surface area contributed by atoms with Crippen LogP contribution >= 0.6 is 0 Å². The van der Waals surface area contributed by atoms with Crippen LogP contribution in [0.1, 0.15) is 44.0 Å². The second-order valence-corrected chi connectivity index (χ2v) is 6.01. The van der Waals surface area contributed by atoms with E-state index in [1.807, 2.05) is 30.9 Å². The molecule has 1 heterocycles. The minimum Gasteiger partial charge on any atom is -0.493 e. The fourth-order valence-electron chi connectivity index (χ4n) is 2.55. The molecule has 0 aromatic heterocycles. The van der Waals surface area contributed by atoms with Gasteiger partial charge in [0.05, 0.1) is 13.2 Å². The van der Waals surface area contributed by atoms with Gasteiger partial charge in [0.1, 0.15) is 0 Å². The highest BCUT2D eigenvalue weighted by atomic mass is 16.5. The van der Waals surface area contributed by atoms with E-state index in [2.05, 4.69) is 6.92 Å². The molecule has 1 aromatic carbocycles. The third-order valence-electron chi connectivity index (χ3n) is 3.84. The predicted octanol–water partition coefficient (Wildman–Crippen LogP) is 3.35. The Morgan fingerprint density at radius 1 is 1.24 bits per heavy atom. The third kappa shape index (κ3) is 3.90. The van der Waals surface area contributed by atoms with Crippen LogP contribution in [0.4, 0.5) is 0 Å². The van der Waals surface area contributed by atoms with Gasteiger partial charge in [-0.15, -0.1) is 0 Å². The summed E-state index contributed by atoms with van der Waals surface area (Å²) in [6.45, 7) is 7.85. The zero-order valence-corrected chi connectivity index (χ0v) is 13.4. The monoisotopic (exact) mass is 291 g/mol. The van der Waals surface area contributed by atoms with Crippen molar-refractivity contribution in [3.8, 4) is 11.5 Å². The van der Waals surface area contributed by atoms with Gasteiger partial charge in [0.25, 0.3) is 5.91 Å². The van der Waals surface area contributed by atoms with Gasteiger partial charge in [-0.2, -0.15) is 0 Å². The number of rotatable bonds is 4. The molecule has 0 saturated carbocycles. The van der Waals surface area contributed by atoms with E-state index in [4.69, 9.17) is 9.47 Å². The summed E-state index contributed by atoms with van der Waals surface area (Å²) in [5, 5.41) is 0. The van der Waals surface area contributed by atoms with Crippen molar-refractivity contribution in [1.29, 1.82) is 0 Å². The summed E-state index contributed by atoms with van der Waals surface area (Å²) in [4.78, 5) is 14.5. The van der Waals surface area contributed by atoms with E-state index in [0.717, 1.165) is 25.9 Å². The first kappa shape index (κ1) is 15.7. The summed E-state index contributed by atoms with van der Waals surface area (Å²) in [5.74, 6) is 2.08. The van der Waals surface area contributed by atoms with Crippen LogP contribution in [0.25, 0.3) is 0 Å². The third-order valence-corrected chi connectivity index (χ3v) is 3.84. The van der Waals surface area contributed by atoms with Crippen LogP contribution in [-0.4, -0.2) is 37.1 Å².